The molecule has 2 fully saturated rings. The van der Waals surface area contributed by atoms with Gasteiger partial charge in [0.1, 0.15) is 0 Å². The minimum atomic E-state index is -0.115. The van der Waals surface area contributed by atoms with Crippen molar-refractivity contribution in [3.05, 3.63) is 24.3 Å². The average Bonchev–Trinajstić information content (AvgIpc) is 2.47. The molecular formula is C22H40O2. The Morgan fingerprint density at radius 3 is 1.83 bits per heavy atom. The predicted octanol–water partition coefficient (Wildman–Crippen LogP) is 5.21. The molecule has 2 aliphatic rings. The summed E-state index contributed by atoms with van der Waals surface area (Å²) in [5.41, 5.74) is 2.46. The maximum Gasteiger partial charge on any atom is 0.0574 e. The third-order valence-electron chi connectivity index (χ3n) is 6.45. The van der Waals surface area contributed by atoms with Gasteiger partial charge in [-0.1, -0.05) is 52.0 Å². The van der Waals surface area contributed by atoms with Gasteiger partial charge in [0.05, 0.1) is 12.2 Å². The number of hydrogen-bond acceptors (Lipinski definition) is 2. The predicted molar refractivity (Wildman–Crippen MR) is 104 cm³/mol. The molecule has 2 saturated carbocycles. The van der Waals surface area contributed by atoms with Crippen LogP contribution in [0, 0.1) is 35.5 Å². The topological polar surface area (TPSA) is 40.5 Å². The number of allylic oxidation sites excluding steroid dienone is 2. The van der Waals surface area contributed by atoms with Crippen molar-refractivity contribution >= 4 is 0 Å². The molecule has 0 radical (unpaired) electrons. The van der Waals surface area contributed by atoms with Crippen molar-refractivity contribution in [2.45, 2.75) is 79.4 Å². The molecule has 24 heavy (non-hydrogen) atoms. The van der Waals surface area contributed by atoms with Gasteiger partial charge < -0.3 is 10.2 Å². The van der Waals surface area contributed by atoms with Crippen molar-refractivity contribution in [1.29, 1.82) is 0 Å². The first kappa shape index (κ1) is 21.4. The van der Waals surface area contributed by atoms with Crippen molar-refractivity contribution in [2.24, 2.45) is 35.5 Å². The molecule has 2 N–H and O–H groups in total. The molecule has 0 aromatic carbocycles. The lowest BCUT2D eigenvalue weighted by atomic mass is 9.69. The lowest BCUT2D eigenvalue weighted by molar-refractivity contribution is 0.0297. The summed E-state index contributed by atoms with van der Waals surface area (Å²) in [6.07, 6.45) is 4.05. The summed E-state index contributed by atoms with van der Waals surface area (Å²) < 4.78 is 0. The zero-order valence-corrected chi connectivity index (χ0v) is 16.8. The molecule has 2 nitrogen and oxygen atoms in total. The van der Waals surface area contributed by atoms with Crippen LogP contribution in [-0.4, -0.2) is 22.4 Å². The fourth-order valence-electron chi connectivity index (χ4n) is 4.86. The summed E-state index contributed by atoms with van der Waals surface area (Å²) in [4.78, 5) is 0. The van der Waals surface area contributed by atoms with Crippen LogP contribution in [0.1, 0.15) is 67.2 Å². The van der Waals surface area contributed by atoms with Gasteiger partial charge in [0.25, 0.3) is 0 Å². The molecule has 0 aromatic heterocycles. The zero-order valence-electron chi connectivity index (χ0n) is 16.8. The molecule has 8 atom stereocenters. The first-order chi connectivity index (χ1) is 11.1. The maximum atomic E-state index is 9.73. The Kier molecular flexibility index (Phi) is 8.22. The minimum absolute atomic E-state index is 0.108. The van der Waals surface area contributed by atoms with E-state index in [1.54, 1.807) is 0 Å². The molecule has 0 saturated heterocycles. The molecule has 2 heteroatoms. The third kappa shape index (κ3) is 5.46. The van der Waals surface area contributed by atoms with E-state index >= 15 is 0 Å². The van der Waals surface area contributed by atoms with E-state index < -0.39 is 0 Å². The van der Waals surface area contributed by atoms with Crippen LogP contribution in [0.4, 0.5) is 0 Å². The first-order valence-electron chi connectivity index (χ1n) is 9.73. The zero-order chi connectivity index (χ0) is 18.6. The monoisotopic (exact) mass is 336 g/mol. The van der Waals surface area contributed by atoms with Crippen LogP contribution in [0.3, 0.4) is 0 Å². The Labute approximate surface area is 150 Å². The largest absolute Gasteiger partial charge is 0.393 e. The second-order valence-electron chi connectivity index (χ2n) is 8.81. The fourth-order valence-corrected chi connectivity index (χ4v) is 4.86. The Bertz CT molecular complexity index is 428. The van der Waals surface area contributed by atoms with E-state index in [4.69, 9.17) is 0 Å². The van der Waals surface area contributed by atoms with Gasteiger partial charge in [-0.2, -0.15) is 0 Å². The average molecular weight is 337 g/mol. The van der Waals surface area contributed by atoms with Crippen LogP contribution >= 0.6 is 0 Å². The Balaban J connectivity index is 0.000000240. The van der Waals surface area contributed by atoms with Gasteiger partial charge in [0.2, 0.25) is 0 Å². The number of hydrogen-bond donors (Lipinski definition) is 2. The normalized spacial score (nSPS) is 42.7. The van der Waals surface area contributed by atoms with E-state index in [1.807, 2.05) is 0 Å². The maximum absolute atomic E-state index is 9.73. The van der Waals surface area contributed by atoms with Crippen LogP contribution in [0.15, 0.2) is 24.3 Å². The molecule has 0 amide bonds. The van der Waals surface area contributed by atoms with Gasteiger partial charge in [-0.25, -0.2) is 0 Å². The van der Waals surface area contributed by atoms with Gasteiger partial charge in [0, 0.05) is 0 Å². The standard InChI is InChI=1S/2C11H20O/c1-7(2)10-5-8(3)6-11(12)9(10)4;1-7(2)11-8(3)5-6-10(12)9(11)4/h2*8-12H,1,5-6H2,2-4H3. The summed E-state index contributed by atoms with van der Waals surface area (Å²) >= 11 is 0. The van der Waals surface area contributed by atoms with Crippen LogP contribution < -0.4 is 0 Å². The first-order valence-corrected chi connectivity index (χ1v) is 9.73. The Morgan fingerprint density at radius 2 is 1.38 bits per heavy atom. The minimum Gasteiger partial charge on any atom is -0.393 e. The van der Waals surface area contributed by atoms with E-state index in [0.29, 0.717) is 35.5 Å². The highest BCUT2D eigenvalue weighted by Crippen LogP contribution is 2.38. The van der Waals surface area contributed by atoms with Crippen LogP contribution in [0.5, 0.6) is 0 Å². The van der Waals surface area contributed by atoms with Crippen molar-refractivity contribution in [1.82, 2.24) is 0 Å². The van der Waals surface area contributed by atoms with Crippen molar-refractivity contribution in [3.63, 3.8) is 0 Å². The lowest BCUT2D eigenvalue weighted by Crippen LogP contribution is -2.35. The van der Waals surface area contributed by atoms with E-state index in [2.05, 4.69) is 54.7 Å². The van der Waals surface area contributed by atoms with Crippen LogP contribution in [-0.2, 0) is 0 Å². The van der Waals surface area contributed by atoms with Crippen LogP contribution in [0.25, 0.3) is 0 Å². The third-order valence-corrected chi connectivity index (χ3v) is 6.45. The Hall–Kier alpha value is -0.600. The van der Waals surface area contributed by atoms with E-state index in [1.165, 1.54) is 17.6 Å². The molecule has 140 valence electrons. The summed E-state index contributed by atoms with van der Waals surface area (Å²) in [6.45, 7) is 20.9. The Morgan fingerprint density at radius 1 is 0.792 bits per heavy atom. The number of rotatable bonds is 2. The molecule has 0 spiro atoms. The highest BCUT2D eigenvalue weighted by atomic mass is 16.3. The van der Waals surface area contributed by atoms with Gasteiger partial charge >= 0.3 is 0 Å². The molecule has 2 aliphatic carbocycles. The molecule has 0 aliphatic heterocycles. The molecule has 0 aromatic rings. The van der Waals surface area contributed by atoms with Crippen molar-refractivity contribution < 1.29 is 10.2 Å². The highest BCUT2D eigenvalue weighted by molar-refractivity contribution is 5.04. The number of aliphatic hydroxyl groups is 2. The second kappa shape index (κ2) is 9.20. The molecule has 2 rings (SSSR count). The summed E-state index contributed by atoms with van der Waals surface area (Å²) in [6, 6.07) is 0. The van der Waals surface area contributed by atoms with Gasteiger partial charge in [-0.3, -0.25) is 0 Å². The van der Waals surface area contributed by atoms with Crippen molar-refractivity contribution in [2.75, 3.05) is 0 Å². The smallest absolute Gasteiger partial charge is 0.0574 e. The van der Waals surface area contributed by atoms with E-state index in [0.717, 1.165) is 19.3 Å². The molecule has 8 unspecified atom stereocenters. The lowest BCUT2D eigenvalue weighted by Gasteiger charge is -2.38. The summed E-state index contributed by atoms with van der Waals surface area (Å²) in [5, 5.41) is 19.4. The summed E-state index contributed by atoms with van der Waals surface area (Å²) in [5.74, 6) is 3.20. The number of aliphatic hydroxyl groups excluding tert-OH is 2. The SMILES string of the molecule is C=C(C)C1C(C)CCC(O)C1C.C=C(C)C1CC(C)CC(O)C1C. The molecule has 0 heterocycles. The van der Waals surface area contributed by atoms with Gasteiger partial charge in [-0.05, 0) is 75.0 Å². The van der Waals surface area contributed by atoms with Gasteiger partial charge in [0.15, 0.2) is 0 Å². The van der Waals surface area contributed by atoms with E-state index in [-0.39, 0.29) is 12.2 Å². The van der Waals surface area contributed by atoms with E-state index in [9.17, 15) is 10.2 Å². The summed E-state index contributed by atoms with van der Waals surface area (Å²) in [7, 11) is 0. The second-order valence-corrected chi connectivity index (χ2v) is 8.81. The van der Waals surface area contributed by atoms with Crippen LogP contribution in [0.2, 0.25) is 0 Å². The molecular weight excluding hydrogens is 296 g/mol. The quantitative estimate of drug-likeness (QED) is 0.679. The fraction of sp³-hybridized carbons (Fsp3) is 0.818. The highest BCUT2D eigenvalue weighted by Gasteiger charge is 2.34. The molecule has 0 bridgehead atoms. The van der Waals surface area contributed by atoms with Crippen molar-refractivity contribution in [3.8, 4) is 0 Å². The van der Waals surface area contributed by atoms with Gasteiger partial charge in [-0.15, -0.1) is 0 Å².